The molecule has 0 fully saturated rings. The number of hydrogen-bond acceptors (Lipinski definition) is 5. The first-order valence-electron chi connectivity index (χ1n) is 4.82. The summed E-state index contributed by atoms with van der Waals surface area (Å²) in [5.41, 5.74) is 2.83. The fourth-order valence-electron chi connectivity index (χ4n) is 1.39. The monoisotopic (exact) mass is 222 g/mol. The van der Waals surface area contributed by atoms with Gasteiger partial charge < -0.3 is 0 Å². The standard InChI is InChI=1S/C10H11FN4O/c1-8(15-12-7-14(11)13-15)10(16)9-5-3-2-4-6-9/h2-8,13H,1H3. The zero-order chi connectivity index (χ0) is 11.5. The molecule has 0 spiro atoms. The normalized spacial score (nSPS) is 16.6. The van der Waals surface area contributed by atoms with Crippen molar-refractivity contribution in [2.24, 2.45) is 5.10 Å². The van der Waals surface area contributed by atoms with Crippen molar-refractivity contribution < 1.29 is 9.28 Å². The molecule has 16 heavy (non-hydrogen) atoms. The fraction of sp³-hybridized carbons (Fsp3) is 0.200. The number of Topliss-reactive ketones (excluding diaryl/α,β-unsaturated/α-hetero) is 1. The van der Waals surface area contributed by atoms with Gasteiger partial charge in [0.2, 0.25) is 0 Å². The van der Waals surface area contributed by atoms with Crippen LogP contribution in [0.4, 0.5) is 4.48 Å². The van der Waals surface area contributed by atoms with Crippen LogP contribution in [-0.4, -0.2) is 28.5 Å². The summed E-state index contributed by atoms with van der Waals surface area (Å²) in [6.07, 6.45) is 0.953. The Morgan fingerprint density at radius 1 is 1.44 bits per heavy atom. The van der Waals surface area contributed by atoms with Crippen molar-refractivity contribution in [1.29, 1.82) is 0 Å². The third kappa shape index (κ3) is 2.01. The van der Waals surface area contributed by atoms with Gasteiger partial charge in [0, 0.05) is 5.56 Å². The summed E-state index contributed by atoms with van der Waals surface area (Å²) in [6, 6.07) is 8.25. The second kappa shape index (κ2) is 4.28. The molecule has 1 atom stereocenters. The van der Waals surface area contributed by atoms with E-state index in [1.54, 1.807) is 31.2 Å². The third-order valence-electron chi connectivity index (χ3n) is 2.28. The number of hydrazine groups is 2. The van der Waals surface area contributed by atoms with E-state index in [0.717, 1.165) is 11.5 Å². The van der Waals surface area contributed by atoms with Gasteiger partial charge in [0.25, 0.3) is 0 Å². The summed E-state index contributed by atoms with van der Waals surface area (Å²) < 4.78 is 12.6. The Morgan fingerprint density at radius 3 is 2.69 bits per heavy atom. The van der Waals surface area contributed by atoms with E-state index in [2.05, 4.69) is 10.6 Å². The number of carbonyl (C=O) groups is 1. The maximum atomic E-state index is 12.6. The van der Waals surface area contributed by atoms with Crippen LogP contribution in [0.5, 0.6) is 0 Å². The second-order valence-corrected chi connectivity index (χ2v) is 3.39. The van der Waals surface area contributed by atoms with E-state index in [1.165, 1.54) is 0 Å². The maximum Gasteiger partial charge on any atom is 0.188 e. The second-order valence-electron chi connectivity index (χ2n) is 3.39. The molecule has 0 bridgehead atoms. The summed E-state index contributed by atoms with van der Waals surface area (Å²) >= 11 is 0. The molecule has 0 amide bonds. The number of hydrazone groups is 1. The molecule has 0 saturated heterocycles. The Bertz CT molecular complexity index is 409. The average Bonchev–Trinajstić information content (AvgIpc) is 2.75. The molecule has 1 aromatic rings. The van der Waals surface area contributed by atoms with Gasteiger partial charge in [-0.05, 0) is 6.92 Å². The molecular formula is C10H11FN4O. The van der Waals surface area contributed by atoms with Crippen molar-refractivity contribution in [3.63, 3.8) is 0 Å². The van der Waals surface area contributed by atoms with Crippen molar-refractivity contribution in [1.82, 2.24) is 15.9 Å². The highest BCUT2D eigenvalue weighted by atomic mass is 19.2. The van der Waals surface area contributed by atoms with Gasteiger partial charge >= 0.3 is 0 Å². The van der Waals surface area contributed by atoms with Crippen LogP contribution in [0.3, 0.4) is 0 Å². The number of nitrogens with one attached hydrogen (secondary N) is 1. The van der Waals surface area contributed by atoms with E-state index in [4.69, 9.17) is 0 Å². The van der Waals surface area contributed by atoms with Crippen LogP contribution in [-0.2, 0) is 0 Å². The van der Waals surface area contributed by atoms with Gasteiger partial charge in [0.05, 0.1) is 0 Å². The van der Waals surface area contributed by atoms with Crippen molar-refractivity contribution >= 4 is 12.1 Å². The molecule has 6 heteroatoms. The largest absolute Gasteiger partial charge is 0.292 e. The molecule has 5 nitrogen and oxygen atoms in total. The van der Waals surface area contributed by atoms with Crippen LogP contribution in [0, 0.1) is 0 Å². The summed E-state index contributed by atoms with van der Waals surface area (Å²) in [4.78, 5) is 11.9. The Labute approximate surface area is 92.0 Å². The molecular weight excluding hydrogens is 211 g/mol. The van der Waals surface area contributed by atoms with E-state index in [0.29, 0.717) is 5.56 Å². The zero-order valence-electron chi connectivity index (χ0n) is 8.67. The average molecular weight is 222 g/mol. The highest BCUT2D eigenvalue weighted by Gasteiger charge is 2.25. The first kappa shape index (κ1) is 10.6. The maximum absolute atomic E-state index is 12.6. The smallest absolute Gasteiger partial charge is 0.188 e. The number of halogens is 1. The highest BCUT2D eigenvalue weighted by Crippen LogP contribution is 2.10. The molecule has 1 aliphatic heterocycles. The molecule has 0 saturated carbocycles. The van der Waals surface area contributed by atoms with E-state index in [9.17, 15) is 9.28 Å². The van der Waals surface area contributed by atoms with Crippen molar-refractivity contribution in [3.8, 4) is 0 Å². The topological polar surface area (TPSA) is 47.9 Å². The van der Waals surface area contributed by atoms with Gasteiger partial charge in [-0.15, -0.1) is 10.3 Å². The predicted molar refractivity (Wildman–Crippen MR) is 56.6 cm³/mol. The summed E-state index contributed by atoms with van der Waals surface area (Å²) in [7, 11) is 0. The lowest BCUT2D eigenvalue weighted by molar-refractivity contribution is -0.0255. The van der Waals surface area contributed by atoms with Gasteiger partial charge in [-0.1, -0.05) is 40.3 Å². The first-order chi connectivity index (χ1) is 7.68. The fourth-order valence-corrected chi connectivity index (χ4v) is 1.39. The van der Waals surface area contributed by atoms with E-state index < -0.39 is 6.04 Å². The molecule has 1 aromatic carbocycles. The molecule has 1 aliphatic rings. The molecule has 1 heterocycles. The third-order valence-corrected chi connectivity index (χ3v) is 2.28. The minimum atomic E-state index is -0.570. The first-order valence-corrected chi connectivity index (χ1v) is 4.82. The van der Waals surface area contributed by atoms with Crippen molar-refractivity contribution in [2.75, 3.05) is 0 Å². The molecule has 0 aliphatic carbocycles. The quantitative estimate of drug-likeness (QED) is 0.615. The van der Waals surface area contributed by atoms with Crippen LogP contribution < -0.4 is 5.53 Å². The molecule has 2 rings (SSSR count). The van der Waals surface area contributed by atoms with E-state index in [-0.39, 0.29) is 11.0 Å². The van der Waals surface area contributed by atoms with Gasteiger partial charge in [-0.3, -0.25) is 4.79 Å². The number of ketones is 1. The van der Waals surface area contributed by atoms with Gasteiger partial charge in [-0.25, -0.2) is 0 Å². The lowest BCUT2D eigenvalue weighted by Crippen LogP contribution is -2.44. The van der Waals surface area contributed by atoms with E-state index in [1.807, 2.05) is 6.07 Å². The Balaban J connectivity index is 2.08. The lowest BCUT2D eigenvalue weighted by atomic mass is 10.1. The molecule has 1 unspecified atom stereocenters. The van der Waals surface area contributed by atoms with Crippen LogP contribution in [0.2, 0.25) is 0 Å². The summed E-state index contributed by atoms with van der Waals surface area (Å²) in [5.74, 6) is -0.124. The number of benzene rings is 1. The number of nitrogens with zero attached hydrogens (tertiary/aromatic N) is 3. The lowest BCUT2D eigenvalue weighted by Gasteiger charge is -2.20. The molecule has 84 valence electrons. The number of hydrogen-bond donors (Lipinski definition) is 1. The minimum Gasteiger partial charge on any atom is -0.292 e. The number of carbonyl (C=O) groups excluding carboxylic acids is 1. The Morgan fingerprint density at radius 2 is 2.12 bits per heavy atom. The van der Waals surface area contributed by atoms with Crippen LogP contribution >= 0.6 is 0 Å². The van der Waals surface area contributed by atoms with Gasteiger partial charge in [-0.2, -0.15) is 5.12 Å². The molecule has 0 aromatic heterocycles. The van der Waals surface area contributed by atoms with Gasteiger partial charge in [0.15, 0.2) is 12.1 Å². The van der Waals surface area contributed by atoms with E-state index >= 15 is 0 Å². The van der Waals surface area contributed by atoms with Gasteiger partial charge in [0.1, 0.15) is 6.04 Å². The Kier molecular flexibility index (Phi) is 2.82. The molecule has 0 radical (unpaired) electrons. The highest BCUT2D eigenvalue weighted by molar-refractivity contribution is 5.99. The van der Waals surface area contributed by atoms with Crippen molar-refractivity contribution in [3.05, 3.63) is 35.9 Å². The minimum absolute atomic E-state index is 0.124. The summed E-state index contributed by atoms with van der Waals surface area (Å²) in [5, 5.41) is 5.04. The predicted octanol–water partition coefficient (Wildman–Crippen LogP) is 1.12. The SMILES string of the molecule is CC(C(=O)c1ccccc1)N1N=CN(F)N1. The zero-order valence-corrected chi connectivity index (χ0v) is 8.67. The number of rotatable bonds is 3. The summed E-state index contributed by atoms with van der Waals surface area (Å²) in [6.45, 7) is 1.65. The van der Waals surface area contributed by atoms with Crippen LogP contribution in [0.1, 0.15) is 17.3 Å². The molecule has 1 N–H and O–H groups in total. The Hall–Kier alpha value is -1.95. The van der Waals surface area contributed by atoms with Crippen molar-refractivity contribution in [2.45, 2.75) is 13.0 Å². The van der Waals surface area contributed by atoms with Crippen LogP contribution in [0.25, 0.3) is 0 Å². The van der Waals surface area contributed by atoms with Crippen LogP contribution in [0.15, 0.2) is 35.4 Å².